The topological polar surface area (TPSA) is 28.6 Å². The highest BCUT2D eigenvalue weighted by Crippen LogP contribution is 2.26. The lowest BCUT2D eigenvalue weighted by Gasteiger charge is -2.32. The Morgan fingerprint density at radius 3 is 2.33 bits per heavy atom. The van der Waals surface area contributed by atoms with Gasteiger partial charge in [-0.05, 0) is 50.0 Å². The molecule has 0 amide bonds. The monoisotopic (exact) mass is 365 g/mol. The molecule has 0 radical (unpaired) electrons. The number of benzene rings is 1. The molecule has 4 heteroatoms. The zero-order valence-corrected chi connectivity index (χ0v) is 16.4. The average molecular weight is 366 g/mol. The Morgan fingerprint density at radius 2 is 1.67 bits per heavy atom. The molecule has 0 unspecified atom stereocenters. The molecular weight excluding hydrogens is 334 g/mol. The van der Waals surface area contributed by atoms with E-state index in [2.05, 4.69) is 53.1 Å². The van der Waals surface area contributed by atoms with Crippen LogP contribution in [-0.2, 0) is 11.3 Å². The lowest BCUT2D eigenvalue weighted by atomic mass is 10.0. The van der Waals surface area contributed by atoms with Gasteiger partial charge in [-0.2, -0.15) is 0 Å². The van der Waals surface area contributed by atoms with Crippen LogP contribution in [0.25, 0.3) is 11.3 Å². The number of nitrogens with zero attached hydrogens (tertiary/aromatic N) is 3. The van der Waals surface area contributed by atoms with Gasteiger partial charge in [0, 0.05) is 37.4 Å². The first-order chi connectivity index (χ1) is 13.3. The number of piperidine rings is 1. The van der Waals surface area contributed by atoms with Crippen molar-refractivity contribution < 1.29 is 4.74 Å². The standard InChI is InChI=1S/C23H31N3O/c1-19(26-11-3-2-4-12-26)21-6-8-22(9-7-21)23-10-5-20(17-24-23)18-25-13-15-27-16-14-25/h5-10,17,19H,2-4,11-16,18H2,1H3/t19-/m0/s1. The Balaban J connectivity index is 1.39. The van der Waals surface area contributed by atoms with E-state index < -0.39 is 0 Å². The van der Waals surface area contributed by atoms with E-state index in [1.807, 2.05) is 6.20 Å². The zero-order chi connectivity index (χ0) is 18.5. The van der Waals surface area contributed by atoms with Gasteiger partial charge in [-0.15, -0.1) is 0 Å². The number of pyridine rings is 1. The minimum Gasteiger partial charge on any atom is -0.379 e. The number of hydrogen-bond acceptors (Lipinski definition) is 4. The van der Waals surface area contributed by atoms with Crippen molar-refractivity contribution in [3.8, 4) is 11.3 Å². The molecule has 0 N–H and O–H groups in total. The molecule has 0 bridgehead atoms. The maximum Gasteiger partial charge on any atom is 0.0702 e. The van der Waals surface area contributed by atoms with Gasteiger partial charge in [0.1, 0.15) is 0 Å². The number of ether oxygens (including phenoxy) is 1. The van der Waals surface area contributed by atoms with E-state index in [9.17, 15) is 0 Å². The van der Waals surface area contributed by atoms with Crippen LogP contribution < -0.4 is 0 Å². The minimum absolute atomic E-state index is 0.503. The zero-order valence-electron chi connectivity index (χ0n) is 16.4. The number of rotatable bonds is 5. The van der Waals surface area contributed by atoms with Crippen LogP contribution in [0.3, 0.4) is 0 Å². The SMILES string of the molecule is C[C@@H](c1ccc(-c2ccc(CN3CCOCC3)cn2)cc1)N1CCCCC1. The first-order valence-electron chi connectivity index (χ1n) is 10.4. The Bertz CT molecular complexity index is 701. The van der Waals surface area contributed by atoms with Crippen LogP contribution in [0.15, 0.2) is 42.6 Å². The highest BCUT2D eigenvalue weighted by molar-refractivity contribution is 5.59. The molecule has 2 fully saturated rings. The van der Waals surface area contributed by atoms with Crippen molar-refractivity contribution in [1.29, 1.82) is 0 Å². The molecule has 2 aliphatic rings. The van der Waals surface area contributed by atoms with E-state index in [1.165, 1.54) is 49.0 Å². The summed E-state index contributed by atoms with van der Waals surface area (Å²) < 4.78 is 5.42. The molecule has 0 aliphatic carbocycles. The molecule has 2 aliphatic heterocycles. The van der Waals surface area contributed by atoms with E-state index >= 15 is 0 Å². The normalized spacial score (nSPS) is 20.5. The Hall–Kier alpha value is -1.75. The quantitative estimate of drug-likeness (QED) is 0.797. The summed E-state index contributed by atoms with van der Waals surface area (Å²) in [6.45, 7) is 9.46. The fourth-order valence-corrected chi connectivity index (χ4v) is 4.16. The summed E-state index contributed by atoms with van der Waals surface area (Å²) in [5.41, 5.74) is 4.93. The van der Waals surface area contributed by atoms with Crippen molar-refractivity contribution in [3.63, 3.8) is 0 Å². The van der Waals surface area contributed by atoms with E-state index in [4.69, 9.17) is 9.72 Å². The third kappa shape index (κ3) is 4.75. The molecule has 144 valence electrons. The molecule has 27 heavy (non-hydrogen) atoms. The van der Waals surface area contributed by atoms with Crippen LogP contribution in [-0.4, -0.2) is 54.2 Å². The predicted molar refractivity (Wildman–Crippen MR) is 110 cm³/mol. The second-order valence-electron chi connectivity index (χ2n) is 7.83. The molecule has 0 spiro atoms. The Morgan fingerprint density at radius 1 is 0.926 bits per heavy atom. The number of aromatic nitrogens is 1. The Labute approximate surface area is 163 Å². The van der Waals surface area contributed by atoms with Crippen molar-refractivity contribution in [3.05, 3.63) is 53.7 Å². The Kier molecular flexibility index (Phi) is 6.17. The van der Waals surface area contributed by atoms with Crippen LogP contribution in [0.2, 0.25) is 0 Å². The van der Waals surface area contributed by atoms with Crippen LogP contribution in [0.4, 0.5) is 0 Å². The molecule has 4 nitrogen and oxygen atoms in total. The highest BCUT2D eigenvalue weighted by Gasteiger charge is 2.18. The second-order valence-corrected chi connectivity index (χ2v) is 7.83. The van der Waals surface area contributed by atoms with Crippen molar-refractivity contribution in [1.82, 2.24) is 14.8 Å². The van der Waals surface area contributed by atoms with Gasteiger partial charge in [-0.3, -0.25) is 14.8 Å². The molecule has 2 saturated heterocycles. The molecule has 0 saturated carbocycles. The maximum absolute atomic E-state index is 5.42. The average Bonchev–Trinajstić information content (AvgIpc) is 2.75. The summed E-state index contributed by atoms with van der Waals surface area (Å²) in [6, 6.07) is 13.9. The molecule has 1 aromatic carbocycles. The van der Waals surface area contributed by atoms with E-state index in [1.54, 1.807) is 0 Å². The van der Waals surface area contributed by atoms with Crippen LogP contribution in [0.1, 0.15) is 43.4 Å². The molecule has 2 aromatic rings. The maximum atomic E-state index is 5.42. The lowest BCUT2D eigenvalue weighted by Crippen LogP contribution is -2.35. The van der Waals surface area contributed by atoms with Gasteiger partial charge >= 0.3 is 0 Å². The van der Waals surface area contributed by atoms with Crippen LogP contribution >= 0.6 is 0 Å². The summed E-state index contributed by atoms with van der Waals surface area (Å²) in [6.07, 6.45) is 6.08. The van der Waals surface area contributed by atoms with Crippen molar-refractivity contribution in [2.45, 2.75) is 38.8 Å². The summed E-state index contributed by atoms with van der Waals surface area (Å²) in [5, 5.41) is 0. The fraction of sp³-hybridized carbons (Fsp3) is 0.522. The van der Waals surface area contributed by atoms with Gasteiger partial charge in [0.25, 0.3) is 0 Å². The van der Waals surface area contributed by atoms with Gasteiger partial charge in [0.2, 0.25) is 0 Å². The van der Waals surface area contributed by atoms with Crippen molar-refractivity contribution in [2.75, 3.05) is 39.4 Å². The van der Waals surface area contributed by atoms with Gasteiger partial charge in [-0.25, -0.2) is 0 Å². The number of morpholine rings is 1. The first-order valence-corrected chi connectivity index (χ1v) is 10.4. The summed E-state index contributed by atoms with van der Waals surface area (Å²) in [7, 11) is 0. The van der Waals surface area contributed by atoms with E-state index in [0.717, 1.165) is 38.5 Å². The largest absolute Gasteiger partial charge is 0.379 e. The van der Waals surface area contributed by atoms with Gasteiger partial charge in [-0.1, -0.05) is 36.8 Å². The van der Waals surface area contributed by atoms with Gasteiger partial charge in [0.15, 0.2) is 0 Å². The first kappa shape index (κ1) is 18.6. The molecule has 1 aromatic heterocycles. The summed E-state index contributed by atoms with van der Waals surface area (Å²) in [5.74, 6) is 0. The van der Waals surface area contributed by atoms with Crippen molar-refractivity contribution >= 4 is 0 Å². The highest BCUT2D eigenvalue weighted by atomic mass is 16.5. The van der Waals surface area contributed by atoms with E-state index in [-0.39, 0.29) is 0 Å². The minimum atomic E-state index is 0.503. The van der Waals surface area contributed by atoms with Gasteiger partial charge in [0.05, 0.1) is 18.9 Å². The van der Waals surface area contributed by atoms with Crippen molar-refractivity contribution in [2.24, 2.45) is 0 Å². The predicted octanol–water partition coefficient (Wildman–Crippen LogP) is 4.13. The summed E-state index contributed by atoms with van der Waals surface area (Å²) in [4.78, 5) is 9.75. The van der Waals surface area contributed by atoms with Crippen LogP contribution in [0, 0.1) is 0 Å². The third-order valence-corrected chi connectivity index (χ3v) is 5.96. The molecular formula is C23H31N3O. The van der Waals surface area contributed by atoms with Gasteiger partial charge < -0.3 is 4.74 Å². The fourth-order valence-electron chi connectivity index (χ4n) is 4.16. The second kappa shape index (κ2) is 8.96. The summed E-state index contributed by atoms with van der Waals surface area (Å²) >= 11 is 0. The van der Waals surface area contributed by atoms with E-state index in [0.29, 0.717) is 6.04 Å². The number of likely N-dealkylation sites (tertiary alicyclic amines) is 1. The van der Waals surface area contributed by atoms with Crippen LogP contribution in [0.5, 0.6) is 0 Å². The smallest absolute Gasteiger partial charge is 0.0702 e. The molecule has 1 atom stereocenters. The lowest BCUT2D eigenvalue weighted by molar-refractivity contribution is 0.0341. The molecule has 4 rings (SSSR count). The molecule has 3 heterocycles. The number of hydrogen-bond donors (Lipinski definition) is 0. The third-order valence-electron chi connectivity index (χ3n) is 5.96.